The van der Waals surface area contributed by atoms with Crippen LogP contribution in [0.4, 0.5) is 11.4 Å². The third-order valence-electron chi connectivity index (χ3n) is 3.28. The van der Waals surface area contributed by atoms with Gasteiger partial charge in [-0.2, -0.15) is 0 Å². The van der Waals surface area contributed by atoms with Crippen molar-refractivity contribution in [3.8, 4) is 11.5 Å². The van der Waals surface area contributed by atoms with Gasteiger partial charge in [0.15, 0.2) is 6.61 Å². The van der Waals surface area contributed by atoms with Crippen LogP contribution in [-0.4, -0.2) is 28.0 Å². The molecule has 1 aliphatic rings. The van der Waals surface area contributed by atoms with Crippen molar-refractivity contribution in [3.05, 3.63) is 41.4 Å². The van der Waals surface area contributed by atoms with Gasteiger partial charge in [-0.15, -0.1) is 0 Å². The predicted octanol–water partition coefficient (Wildman–Crippen LogP) is 2.48. The molecule has 0 atom stereocenters. The standard InChI is InChI=1S/C15H13ClN2O5S/c1-22-12-5-2-9(16)6-14(12)24(20,21)18-10-3-4-11-13(7-10)23-8-15(19)17-11/h2-7,18H,8H2,1H3,(H,17,19). The minimum atomic E-state index is -3.92. The Morgan fingerprint density at radius 1 is 1.25 bits per heavy atom. The lowest BCUT2D eigenvalue weighted by Crippen LogP contribution is -2.25. The highest BCUT2D eigenvalue weighted by molar-refractivity contribution is 7.92. The number of fused-ring (bicyclic) bond motifs is 1. The first-order chi connectivity index (χ1) is 11.4. The second-order valence-electron chi connectivity index (χ2n) is 4.95. The number of methoxy groups -OCH3 is 1. The van der Waals surface area contributed by atoms with Gasteiger partial charge in [0, 0.05) is 11.1 Å². The zero-order chi connectivity index (χ0) is 17.3. The molecule has 2 aromatic carbocycles. The normalized spacial score (nSPS) is 13.5. The molecule has 2 N–H and O–H groups in total. The number of rotatable bonds is 4. The quantitative estimate of drug-likeness (QED) is 0.864. The summed E-state index contributed by atoms with van der Waals surface area (Å²) in [6, 6.07) is 8.88. The molecule has 126 valence electrons. The van der Waals surface area contributed by atoms with Crippen molar-refractivity contribution in [2.45, 2.75) is 4.90 Å². The summed E-state index contributed by atoms with van der Waals surface area (Å²) in [5, 5.41) is 2.90. The van der Waals surface area contributed by atoms with E-state index in [-0.39, 0.29) is 33.9 Å². The van der Waals surface area contributed by atoms with Crippen LogP contribution >= 0.6 is 11.6 Å². The summed E-state index contributed by atoms with van der Waals surface area (Å²) >= 11 is 5.88. The first kappa shape index (κ1) is 16.4. The number of carbonyl (C=O) groups is 1. The maximum Gasteiger partial charge on any atom is 0.265 e. The van der Waals surface area contributed by atoms with E-state index >= 15 is 0 Å². The van der Waals surface area contributed by atoms with E-state index in [1.54, 1.807) is 6.07 Å². The number of nitrogens with one attached hydrogen (secondary N) is 2. The third-order valence-corrected chi connectivity index (χ3v) is 4.92. The van der Waals surface area contributed by atoms with Crippen LogP contribution in [0.2, 0.25) is 5.02 Å². The Morgan fingerprint density at radius 3 is 2.79 bits per heavy atom. The Labute approximate surface area is 143 Å². The van der Waals surface area contributed by atoms with Gasteiger partial charge in [0.2, 0.25) is 0 Å². The highest BCUT2D eigenvalue weighted by Gasteiger charge is 2.22. The second kappa shape index (κ2) is 6.21. The number of sulfonamides is 1. The minimum Gasteiger partial charge on any atom is -0.495 e. The number of ether oxygens (including phenoxy) is 2. The van der Waals surface area contributed by atoms with Gasteiger partial charge in [0.25, 0.3) is 15.9 Å². The number of benzene rings is 2. The van der Waals surface area contributed by atoms with E-state index in [4.69, 9.17) is 21.1 Å². The number of amides is 1. The van der Waals surface area contributed by atoms with Gasteiger partial charge in [-0.05, 0) is 30.3 Å². The van der Waals surface area contributed by atoms with Crippen molar-refractivity contribution >= 4 is 38.9 Å². The number of anilines is 2. The van der Waals surface area contributed by atoms with Crippen molar-refractivity contribution in [1.82, 2.24) is 0 Å². The van der Waals surface area contributed by atoms with Crippen molar-refractivity contribution in [2.24, 2.45) is 0 Å². The van der Waals surface area contributed by atoms with Crippen molar-refractivity contribution in [2.75, 3.05) is 23.8 Å². The van der Waals surface area contributed by atoms with Crippen LogP contribution in [0, 0.1) is 0 Å². The van der Waals surface area contributed by atoms with Crippen LogP contribution in [0.1, 0.15) is 0 Å². The van der Waals surface area contributed by atoms with Gasteiger partial charge in [0.1, 0.15) is 16.4 Å². The highest BCUT2D eigenvalue weighted by atomic mass is 35.5. The van der Waals surface area contributed by atoms with Crippen LogP contribution in [-0.2, 0) is 14.8 Å². The molecule has 0 saturated carbocycles. The molecule has 0 aromatic heterocycles. The van der Waals surface area contributed by atoms with E-state index in [1.807, 2.05) is 0 Å². The van der Waals surface area contributed by atoms with E-state index in [2.05, 4.69) is 10.0 Å². The minimum absolute atomic E-state index is 0.0792. The molecule has 0 spiro atoms. The predicted molar refractivity (Wildman–Crippen MR) is 89.4 cm³/mol. The zero-order valence-electron chi connectivity index (χ0n) is 12.5. The molecule has 0 aliphatic carbocycles. The Kier molecular flexibility index (Phi) is 4.25. The molecule has 3 rings (SSSR count). The molecule has 7 nitrogen and oxygen atoms in total. The number of hydrogen-bond donors (Lipinski definition) is 2. The summed E-state index contributed by atoms with van der Waals surface area (Å²) in [6.45, 7) is -0.120. The van der Waals surface area contributed by atoms with Crippen LogP contribution in [0.25, 0.3) is 0 Å². The topological polar surface area (TPSA) is 93.7 Å². The smallest absolute Gasteiger partial charge is 0.265 e. The first-order valence-corrected chi connectivity index (χ1v) is 8.68. The van der Waals surface area contributed by atoms with E-state index < -0.39 is 10.0 Å². The Morgan fingerprint density at radius 2 is 2.04 bits per heavy atom. The van der Waals surface area contributed by atoms with Gasteiger partial charge in [-0.3, -0.25) is 9.52 Å². The van der Waals surface area contributed by atoms with Crippen LogP contribution in [0.5, 0.6) is 11.5 Å². The summed E-state index contributed by atoms with van der Waals surface area (Å²) in [5.74, 6) is 0.292. The third kappa shape index (κ3) is 3.24. The molecule has 0 fully saturated rings. The molecule has 2 aromatic rings. The van der Waals surface area contributed by atoms with Gasteiger partial charge in [-0.1, -0.05) is 11.6 Å². The molecule has 24 heavy (non-hydrogen) atoms. The lowest BCUT2D eigenvalue weighted by Gasteiger charge is -2.19. The molecule has 0 unspecified atom stereocenters. The summed E-state index contributed by atoms with van der Waals surface area (Å²) in [4.78, 5) is 11.2. The SMILES string of the molecule is COc1ccc(Cl)cc1S(=O)(=O)Nc1ccc2c(c1)OCC(=O)N2. The number of halogens is 1. The summed E-state index contributed by atoms with van der Waals surface area (Å²) < 4.78 is 38.0. The van der Waals surface area contributed by atoms with Gasteiger partial charge in [-0.25, -0.2) is 8.42 Å². The van der Waals surface area contributed by atoms with Crippen LogP contribution in [0.3, 0.4) is 0 Å². The Hall–Kier alpha value is -2.45. The monoisotopic (exact) mass is 368 g/mol. The van der Waals surface area contributed by atoms with Gasteiger partial charge < -0.3 is 14.8 Å². The molecule has 0 radical (unpaired) electrons. The molecule has 9 heteroatoms. The molecule has 1 aliphatic heterocycles. The lowest BCUT2D eigenvalue weighted by atomic mass is 10.2. The molecule has 0 saturated heterocycles. The average Bonchev–Trinajstić information content (AvgIpc) is 2.54. The van der Waals surface area contributed by atoms with Crippen LogP contribution < -0.4 is 19.5 Å². The maximum absolute atomic E-state index is 12.6. The number of carbonyl (C=O) groups excluding carboxylic acids is 1. The fourth-order valence-electron chi connectivity index (χ4n) is 2.21. The average molecular weight is 369 g/mol. The largest absolute Gasteiger partial charge is 0.495 e. The molecular formula is C15H13ClN2O5S. The first-order valence-electron chi connectivity index (χ1n) is 6.82. The van der Waals surface area contributed by atoms with E-state index in [1.165, 1.54) is 37.4 Å². The Balaban J connectivity index is 1.93. The van der Waals surface area contributed by atoms with Gasteiger partial charge in [0.05, 0.1) is 18.5 Å². The summed E-state index contributed by atoms with van der Waals surface area (Å²) in [5.41, 5.74) is 0.765. The zero-order valence-corrected chi connectivity index (χ0v) is 14.1. The Bertz CT molecular complexity index is 914. The lowest BCUT2D eigenvalue weighted by molar-refractivity contribution is -0.118. The molecule has 0 bridgehead atoms. The highest BCUT2D eigenvalue weighted by Crippen LogP contribution is 2.33. The fourth-order valence-corrected chi connectivity index (χ4v) is 3.69. The molecular weight excluding hydrogens is 356 g/mol. The number of hydrogen-bond acceptors (Lipinski definition) is 5. The van der Waals surface area contributed by atoms with E-state index in [9.17, 15) is 13.2 Å². The van der Waals surface area contributed by atoms with Crippen molar-refractivity contribution < 1.29 is 22.7 Å². The molecule has 1 heterocycles. The summed E-state index contributed by atoms with van der Waals surface area (Å²) in [6.07, 6.45) is 0. The molecule has 1 amide bonds. The van der Waals surface area contributed by atoms with Crippen molar-refractivity contribution in [1.29, 1.82) is 0 Å². The summed E-state index contributed by atoms with van der Waals surface area (Å²) in [7, 11) is -2.55. The van der Waals surface area contributed by atoms with Gasteiger partial charge >= 0.3 is 0 Å². The van der Waals surface area contributed by atoms with E-state index in [0.717, 1.165) is 0 Å². The van der Waals surface area contributed by atoms with Crippen molar-refractivity contribution in [3.63, 3.8) is 0 Å². The van der Waals surface area contributed by atoms with Crippen LogP contribution in [0.15, 0.2) is 41.3 Å². The maximum atomic E-state index is 12.6. The second-order valence-corrected chi connectivity index (χ2v) is 7.04. The van der Waals surface area contributed by atoms with E-state index in [0.29, 0.717) is 11.4 Å². The fraction of sp³-hybridized carbons (Fsp3) is 0.133.